The molecular formula is C23H29ClN2O2S. The molecule has 0 aromatic heterocycles. The van der Waals surface area contributed by atoms with Crippen LogP contribution in [0, 0.1) is 0 Å². The fourth-order valence-electron chi connectivity index (χ4n) is 2.75. The van der Waals surface area contributed by atoms with E-state index in [1.165, 1.54) is 0 Å². The highest BCUT2D eigenvalue weighted by Gasteiger charge is 2.26. The van der Waals surface area contributed by atoms with E-state index in [0.717, 1.165) is 16.9 Å². The number of thioether (sulfide) groups is 1. The summed E-state index contributed by atoms with van der Waals surface area (Å²) in [7, 11) is 0. The second-order valence-electron chi connectivity index (χ2n) is 7.05. The number of carbonyl (C=O) groups excluding carboxylic acids is 2. The van der Waals surface area contributed by atoms with E-state index in [1.54, 1.807) is 35.7 Å². The maximum absolute atomic E-state index is 13.0. The molecule has 0 saturated carbocycles. The summed E-state index contributed by atoms with van der Waals surface area (Å²) >= 11 is 7.62. The predicted octanol–water partition coefficient (Wildman–Crippen LogP) is 5.15. The lowest BCUT2D eigenvalue weighted by molar-refractivity contribution is -0.140. The number of benzene rings is 2. The largest absolute Gasteiger partial charge is 0.352 e. The van der Waals surface area contributed by atoms with E-state index in [2.05, 4.69) is 5.32 Å². The molecule has 0 radical (unpaired) electrons. The second-order valence-corrected chi connectivity index (χ2v) is 8.66. The Labute approximate surface area is 183 Å². The van der Waals surface area contributed by atoms with E-state index in [9.17, 15) is 9.59 Å². The molecule has 2 amide bonds. The Morgan fingerprint density at radius 3 is 2.34 bits per heavy atom. The summed E-state index contributed by atoms with van der Waals surface area (Å²) in [6.45, 7) is 6.15. The van der Waals surface area contributed by atoms with Gasteiger partial charge >= 0.3 is 0 Å². The smallest absolute Gasteiger partial charge is 0.242 e. The Balaban J connectivity index is 2.06. The van der Waals surface area contributed by atoms with Crippen LogP contribution in [0.4, 0.5) is 0 Å². The average Bonchev–Trinajstić information content (AvgIpc) is 2.73. The van der Waals surface area contributed by atoms with Crippen LogP contribution >= 0.6 is 23.4 Å². The summed E-state index contributed by atoms with van der Waals surface area (Å²) in [6.07, 6.45) is 1.21. The molecule has 29 heavy (non-hydrogen) atoms. The summed E-state index contributed by atoms with van der Waals surface area (Å²) in [4.78, 5) is 28.5. The molecule has 0 aliphatic rings. The van der Waals surface area contributed by atoms with E-state index in [0.29, 0.717) is 23.7 Å². The second kappa shape index (κ2) is 11.9. The van der Waals surface area contributed by atoms with Crippen molar-refractivity contribution in [3.63, 3.8) is 0 Å². The fourth-order valence-corrected chi connectivity index (χ4v) is 3.74. The first-order chi connectivity index (χ1) is 13.9. The van der Waals surface area contributed by atoms with Crippen LogP contribution in [0.3, 0.4) is 0 Å². The van der Waals surface area contributed by atoms with Crippen molar-refractivity contribution in [1.29, 1.82) is 0 Å². The molecule has 2 aromatic rings. The van der Waals surface area contributed by atoms with Gasteiger partial charge in [-0.1, -0.05) is 48.9 Å². The minimum absolute atomic E-state index is 0.0322. The Kier molecular flexibility index (Phi) is 9.55. The molecule has 6 heteroatoms. The minimum atomic E-state index is -0.547. The normalized spacial score (nSPS) is 12.8. The molecule has 0 unspecified atom stereocenters. The zero-order valence-electron chi connectivity index (χ0n) is 17.2. The molecule has 4 nitrogen and oxygen atoms in total. The number of carbonyl (C=O) groups is 2. The average molecular weight is 433 g/mol. The van der Waals surface area contributed by atoms with Crippen molar-refractivity contribution in [2.75, 3.05) is 5.75 Å². The molecule has 2 rings (SSSR count). The zero-order valence-corrected chi connectivity index (χ0v) is 18.8. The van der Waals surface area contributed by atoms with Crippen molar-refractivity contribution in [1.82, 2.24) is 10.2 Å². The lowest BCUT2D eigenvalue weighted by Crippen LogP contribution is -2.49. The van der Waals surface area contributed by atoms with Gasteiger partial charge in [0.2, 0.25) is 11.8 Å². The molecule has 2 atom stereocenters. The van der Waals surface area contributed by atoms with E-state index < -0.39 is 6.04 Å². The lowest BCUT2D eigenvalue weighted by atomic mass is 10.1. The van der Waals surface area contributed by atoms with Crippen molar-refractivity contribution in [3.05, 3.63) is 65.2 Å². The summed E-state index contributed by atoms with van der Waals surface area (Å²) in [5.74, 6) is 0.507. The highest BCUT2D eigenvalue weighted by molar-refractivity contribution is 7.99. The Morgan fingerprint density at radius 1 is 1.07 bits per heavy atom. The van der Waals surface area contributed by atoms with Crippen LogP contribution in [0.1, 0.15) is 39.2 Å². The first-order valence-corrected chi connectivity index (χ1v) is 11.3. The summed E-state index contributed by atoms with van der Waals surface area (Å²) in [5.41, 5.74) is 0.946. The molecule has 0 fully saturated rings. The molecule has 0 saturated heterocycles. The monoisotopic (exact) mass is 432 g/mol. The SMILES string of the molecule is CC[C@H](C)NC(=O)[C@@H](C)N(Cc1ccc(Cl)cc1)C(=O)CCSc1ccccc1. The van der Waals surface area contributed by atoms with Gasteiger partial charge in [-0.25, -0.2) is 0 Å². The van der Waals surface area contributed by atoms with E-state index in [1.807, 2.05) is 56.3 Å². The maximum Gasteiger partial charge on any atom is 0.242 e. The zero-order chi connectivity index (χ0) is 21.2. The third-order valence-corrected chi connectivity index (χ3v) is 6.03. The van der Waals surface area contributed by atoms with Crippen LogP contribution in [0.25, 0.3) is 0 Å². The topological polar surface area (TPSA) is 49.4 Å². The maximum atomic E-state index is 13.0. The number of rotatable bonds is 10. The van der Waals surface area contributed by atoms with Crippen molar-refractivity contribution in [3.8, 4) is 0 Å². The molecule has 156 valence electrons. The van der Waals surface area contributed by atoms with Gasteiger partial charge in [-0.3, -0.25) is 9.59 Å². The van der Waals surface area contributed by atoms with Gasteiger partial charge in [-0.15, -0.1) is 11.8 Å². The van der Waals surface area contributed by atoms with Crippen LogP contribution in [0.2, 0.25) is 5.02 Å². The molecule has 1 N–H and O–H groups in total. The third-order valence-electron chi connectivity index (χ3n) is 4.76. The van der Waals surface area contributed by atoms with Crippen LogP contribution in [0.5, 0.6) is 0 Å². The van der Waals surface area contributed by atoms with Crippen LogP contribution in [-0.4, -0.2) is 34.6 Å². The highest BCUT2D eigenvalue weighted by atomic mass is 35.5. The van der Waals surface area contributed by atoms with Crippen molar-refractivity contribution >= 4 is 35.2 Å². The summed E-state index contributed by atoms with van der Waals surface area (Å²) < 4.78 is 0. The first-order valence-electron chi connectivity index (χ1n) is 9.92. The minimum Gasteiger partial charge on any atom is -0.352 e. The van der Waals surface area contributed by atoms with Gasteiger partial charge in [0.05, 0.1) is 0 Å². The molecule has 2 aromatic carbocycles. The predicted molar refractivity (Wildman–Crippen MR) is 121 cm³/mol. The van der Waals surface area contributed by atoms with Crippen LogP contribution < -0.4 is 5.32 Å². The molecule has 0 heterocycles. The van der Waals surface area contributed by atoms with Gasteiger partial charge in [0, 0.05) is 34.7 Å². The third kappa shape index (κ3) is 7.75. The van der Waals surface area contributed by atoms with Gasteiger partial charge in [0.1, 0.15) is 6.04 Å². The quantitative estimate of drug-likeness (QED) is 0.528. The number of nitrogens with one attached hydrogen (secondary N) is 1. The van der Waals surface area contributed by atoms with Crippen LogP contribution in [-0.2, 0) is 16.1 Å². The fraction of sp³-hybridized carbons (Fsp3) is 0.391. The van der Waals surface area contributed by atoms with Crippen molar-refractivity contribution in [2.45, 2.75) is 57.1 Å². The first kappa shape index (κ1) is 23.3. The van der Waals surface area contributed by atoms with Crippen molar-refractivity contribution in [2.24, 2.45) is 0 Å². The molecule has 0 bridgehead atoms. The van der Waals surface area contributed by atoms with Crippen LogP contribution in [0.15, 0.2) is 59.5 Å². The number of halogens is 1. The van der Waals surface area contributed by atoms with Gasteiger partial charge < -0.3 is 10.2 Å². The Morgan fingerprint density at radius 2 is 1.72 bits per heavy atom. The Hall–Kier alpha value is -1.98. The van der Waals surface area contributed by atoms with Gasteiger partial charge in [0.15, 0.2) is 0 Å². The number of amides is 2. The molecular weight excluding hydrogens is 404 g/mol. The molecule has 0 aliphatic heterocycles. The van der Waals surface area contributed by atoms with Gasteiger partial charge in [0.25, 0.3) is 0 Å². The van der Waals surface area contributed by atoms with E-state index in [-0.39, 0.29) is 17.9 Å². The van der Waals surface area contributed by atoms with E-state index in [4.69, 9.17) is 11.6 Å². The van der Waals surface area contributed by atoms with Gasteiger partial charge in [-0.2, -0.15) is 0 Å². The van der Waals surface area contributed by atoms with Gasteiger partial charge in [-0.05, 0) is 50.1 Å². The molecule has 0 aliphatic carbocycles. The highest BCUT2D eigenvalue weighted by Crippen LogP contribution is 2.20. The molecule has 0 spiro atoms. The summed E-state index contributed by atoms with van der Waals surface area (Å²) in [6, 6.07) is 16.9. The standard InChI is InChI=1S/C23H29ClN2O2S/c1-4-17(2)25-23(28)18(3)26(16-19-10-12-20(24)13-11-19)22(27)14-15-29-21-8-6-5-7-9-21/h5-13,17-18H,4,14-16H2,1-3H3,(H,25,28)/t17-,18+/m0/s1. The number of hydrogen-bond donors (Lipinski definition) is 1. The lowest BCUT2D eigenvalue weighted by Gasteiger charge is -2.29. The number of nitrogens with zero attached hydrogens (tertiary/aromatic N) is 1. The van der Waals surface area contributed by atoms with E-state index >= 15 is 0 Å². The number of hydrogen-bond acceptors (Lipinski definition) is 3. The van der Waals surface area contributed by atoms with Crippen molar-refractivity contribution < 1.29 is 9.59 Å². The summed E-state index contributed by atoms with van der Waals surface area (Å²) in [5, 5.41) is 3.63. The Bertz CT molecular complexity index is 783.